The number of halogens is 2. The maximum absolute atomic E-state index is 6.11. The molecule has 0 amide bonds. The predicted octanol–water partition coefficient (Wildman–Crippen LogP) is 3.80. The van der Waals surface area contributed by atoms with Crippen LogP contribution in [0.1, 0.15) is 12.5 Å². The van der Waals surface area contributed by atoms with E-state index < -0.39 is 0 Å². The van der Waals surface area contributed by atoms with Crippen molar-refractivity contribution in [2.24, 2.45) is 0 Å². The van der Waals surface area contributed by atoms with Crippen LogP contribution in [0.3, 0.4) is 0 Å². The molecule has 78 valence electrons. The van der Waals surface area contributed by atoms with Gasteiger partial charge in [-0.25, -0.2) is 4.98 Å². The SMILES string of the molecule is CCc1cc2c(Cl)ccc(Br)c2nc1N. The molecule has 0 saturated carbocycles. The van der Waals surface area contributed by atoms with E-state index in [1.807, 2.05) is 25.1 Å². The molecule has 0 radical (unpaired) electrons. The lowest BCUT2D eigenvalue weighted by Crippen LogP contribution is -1.97. The minimum Gasteiger partial charge on any atom is -0.383 e. The Bertz CT molecular complexity index is 525. The highest BCUT2D eigenvalue weighted by molar-refractivity contribution is 9.10. The van der Waals surface area contributed by atoms with Gasteiger partial charge in [-0.15, -0.1) is 0 Å². The topological polar surface area (TPSA) is 38.9 Å². The van der Waals surface area contributed by atoms with Crippen molar-refractivity contribution in [3.8, 4) is 0 Å². The summed E-state index contributed by atoms with van der Waals surface area (Å²) in [5, 5.41) is 1.65. The van der Waals surface area contributed by atoms with Gasteiger partial charge < -0.3 is 5.73 Å². The van der Waals surface area contributed by atoms with Crippen LogP contribution in [0, 0.1) is 0 Å². The molecular formula is C11H10BrClN2. The van der Waals surface area contributed by atoms with Crippen LogP contribution in [0.4, 0.5) is 5.82 Å². The quantitative estimate of drug-likeness (QED) is 0.865. The van der Waals surface area contributed by atoms with Crippen molar-refractivity contribution < 1.29 is 0 Å². The second-order valence-corrected chi connectivity index (χ2v) is 4.57. The fraction of sp³-hybridized carbons (Fsp3) is 0.182. The van der Waals surface area contributed by atoms with Crippen LogP contribution in [0.15, 0.2) is 22.7 Å². The van der Waals surface area contributed by atoms with Crippen molar-refractivity contribution >= 4 is 44.3 Å². The average Bonchev–Trinajstić information content (AvgIpc) is 2.23. The highest BCUT2D eigenvalue weighted by Crippen LogP contribution is 2.30. The summed E-state index contributed by atoms with van der Waals surface area (Å²) in [6.07, 6.45) is 0.859. The summed E-state index contributed by atoms with van der Waals surface area (Å²) in [6, 6.07) is 5.73. The number of hydrogen-bond donors (Lipinski definition) is 1. The maximum Gasteiger partial charge on any atom is 0.127 e. The Morgan fingerprint density at radius 2 is 2.20 bits per heavy atom. The van der Waals surface area contributed by atoms with Gasteiger partial charge in [-0.1, -0.05) is 18.5 Å². The first-order valence-electron chi connectivity index (χ1n) is 4.66. The molecule has 0 spiro atoms. The van der Waals surface area contributed by atoms with Gasteiger partial charge in [-0.05, 0) is 46.1 Å². The minimum atomic E-state index is 0.577. The number of aromatic nitrogens is 1. The van der Waals surface area contributed by atoms with E-state index in [0.29, 0.717) is 10.8 Å². The first kappa shape index (κ1) is 10.7. The second kappa shape index (κ2) is 3.99. The molecule has 1 aromatic carbocycles. The molecule has 15 heavy (non-hydrogen) atoms. The minimum absolute atomic E-state index is 0.577. The molecule has 2 nitrogen and oxygen atoms in total. The Balaban J connectivity index is 2.86. The lowest BCUT2D eigenvalue weighted by molar-refractivity contribution is 1.13. The number of rotatable bonds is 1. The molecule has 0 unspecified atom stereocenters. The summed E-state index contributed by atoms with van der Waals surface area (Å²) in [5.74, 6) is 0.577. The summed E-state index contributed by atoms with van der Waals surface area (Å²) in [4.78, 5) is 4.35. The number of nitrogens with two attached hydrogens (primary N) is 1. The fourth-order valence-electron chi connectivity index (χ4n) is 1.53. The van der Waals surface area contributed by atoms with Gasteiger partial charge in [0.2, 0.25) is 0 Å². The number of pyridine rings is 1. The summed E-state index contributed by atoms with van der Waals surface area (Å²) in [6.45, 7) is 2.05. The van der Waals surface area contributed by atoms with Crippen LogP contribution in [0.2, 0.25) is 5.02 Å². The van der Waals surface area contributed by atoms with Gasteiger partial charge in [0.25, 0.3) is 0 Å². The standard InChI is InChI=1S/C11H10BrClN2/c1-2-6-5-7-9(13)4-3-8(12)10(7)15-11(6)14/h3-5H,2H2,1H3,(H2,14,15). The predicted molar refractivity (Wildman–Crippen MR) is 68.2 cm³/mol. The normalized spacial score (nSPS) is 10.9. The van der Waals surface area contributed by atoms with E-state index in [1.165, 1.54) is 0 Å². The van der Waals surface area contributed by atoms with Gasteiger partial charge in [-0.2, -0.15) is 0 Å². The summed E-state index contributed by atoms with van der Waals surface area (Å²) in [5.41, 5.74) is 7.69. The molecular weight excluding hydrogens is 275 g/mol. The number of fused-ring (bicyclic) bond motifs is 1. The van der Waals surface area contributed by atoms with Crippen molar-refractivity contribution in [1.29, 1.82) is 0 Å². The zero-order valence-electron chi connectivity index (χ0n) is 8.22. The first-order chi connectivity index (χ1) is 7.13. The number of nitrogen functional groups attached to an aromatic ring is 1. The Morgan fingerprint density at radius 3 is 2.87 bits per heavy atom. The third-order valence-electron chi connectivity index (χ3n) is 2.38. The van der Waals surface area contributed by atoms with E-state index in [1.54, 1.807) is 0 Å². The highest BCUT2D eigenvalue weighted by Gasteiger charge is 2.08. The molecule has 2 rings (SSSR count). The molecule has 2 N–H and O–H groups in total. The maximum atomic E-state index is 6.11. The van der Waals surface area contributed by atoms with Gasteiger partial charge in [-0.3, -0.25) is 0 Å². The van der Waals surface area contributed by atoms with Crippen LogP contribution in [-0.2, 0) is 6.42 Å². The van der Waals surface area contributed by atoms with E-state index >= 15 is 0 Å². The van der Waals surface area contributed by atoms with E-state index in [-0.39, 0.29) is 0 Å². The van der Waals surface area contributed by atoms with Gasteiger partial charge in [0.05, 0.1) is 10.5 Å². The number of benzene rings is 1. The van der Waals surface area contributed by atoms with Crippen molar-refractivity contribution in [2.45, 2.75) is 13.3 Å². The molecule has 0 aliphatic carbocycles. The third kappa shape index (κ3) is 1.82. The zero-order chi connectivity index (χ0) is 11.0. The van der Waals surface area contributed by atoms with Gasteiger partial charge in [0.15, 0.2) is 0 Å². The molecule has 0 saturated heterocycles. The highest BCUT2D eigenvalue weighted by atomic mass is 79.9. The van der Waals surface area contributed by atoms with Gasteiger partial charge in [0, 0.05) is 9.86 Å². The molecule has 0 fully saturated rings. The van der Waals surface area contributed by atoms with Crippen LogP contribution in [0.25, 0.3) is 10.9 Å². The van der Waals surface area contributed by atoms with Crippen molar-refractivity contribution in [1.82, 2.24) is 4.98 Å². The summed E-state index contributed by atoms with van der Waals surface area (Å²) < 4.78 is 0.913. The summed E-state index contributed by atoms with van der Waals surface area (Å²) >= 11 is 9.54. The largest absolute Gasteiger partial charge is 0.383 e. The number of hydrogen-bond acceptors (Lipinski definition) is 2. The number of nitrogens with zero attached hydrogens (tertiary/aromatic N) is 1. The zero-order valence-corrected chi connectivity index (χ0v) is 10.6. The van der Waals surface area contributed by atoms with Gasteiger partial charge in [0.1, 0.15) is 5.82 Å². The molecule has 4 heteroatoms. The molecule has 1 heterocycles. The van der Waals surface area contributed by atoms with Gasteiger partial charge >= 0.3 is 0 Å². The fourth-order valence-corrected chi connectivity index (χ4v) is 2.17. The Morgan fingerprint density at radius 1 is 1.47 bits per heavy atom. The van der Waals surface area contributed by atoms with Crippen molar-refractivity contribution in [3.63, 3.8) is 0 Å². The summed E-state index contributed by atoms with van der Waals surface area (Å²) in [7, 11) is 0. The lowest BCUT2D eigenvalue weighted by atomic mass is 10.1. The molecule has 1 aromatic heterocycles. The van der Waals surface area contributed by atoms with Crippen molar-refractivity contribution in [2.75, 3.05) is 5.73 Å². The van der Waals surface area contributed by atoms with E-state index in [2.05, 4.69) is 20.9 Å². The molecule has 0 bridgehead atoms. The smallest absolute Gasteiger partial charge is 0.127 e. The first-order valence-corrected chi connectivity index (χ1v) is 5.83. The van der Waals surface area contributed by atoms with Crippen LogP contribution >= 0.6 is 27.5 Å². The average molecular weight is 286 g/mol. The molecule has 0 aliphatic heterocycles. The van der Waals surface area contributed by atoms with Crippen LogP contribution in [0.5, 0.6) is 0 Å². The number of aryl methyl sites for hydroxylation is 1. The third-order valence-corrected chi connectivity index (χ3v) is 3.34. The van der Waals surface area contributed by atoms with E-state index in [9.17, 15) is 0 Å². The Labute approximate surface area is 102 Å². The van der Waals surface area contributed by atoms with Crippen LogP contribution < -0.4 is 5.73 Å². The monoisotopic (exact) mass is 284 g/mol. The Kier molecular flexibility index (Phi) is 2.85. The molecule has 2 aromatic rings. The molecule has 0 aliphatic rings. The molecule has 0 atom stereocenters. The lowest BCUT2D eigenvalue weighted by Gasteiger charge is -2.07. The Hall–Kier alpha value is -0.800. The van der Waals surface area contributed by atoms with E-state index in [0.717, 1.165) is 27.4 Å². The van der Waals surface area contributed by atoms with Crippen LogP contribution in [-0.4, -0.2) is 4.98 Å². The number of anilines is 1. The van der Waals surface area contributed by atoms with E-state index in [4.69, 9.17) is 17.3 Å². The second-order valence-electron chi connectivity index (χ2n) is 3.31. The van der Waals surface area contributed by atoms with Crippen molar-refractivity contribution in [3.05, 3.63) is 33.3 Å².